The molecule has 5 nitrogen and oxygen atoms in total. The number of aromatic nitrogens is 1. The Hall–Kier alpha value is -0.660. The number of H-pyrrole nitrogens is 1. The maximum absolute atomic E-state index is 12.6. The normalized spacial score (nSPS) is 26.4. The quantitative estimate of drug-likeness (QED) is 0.901. The minimum Gasteiger partial charge on any atom is -0.315 e. The summed E-state index contributed by atoms with van der Waals surface area (Å²) in [6, 6.07) is -0.00861. The standard InChI is InChI=1S/C11H18N2O3S2/c1-7-5-4-6-8(2)13(7)18(15,16)10-9(3)12-11(14)17-10/h7-8H,4-6H2,1-3H3,(H,12,14)/t7-,8+. The molecule has 102 valence electrons. The van der Waals surface area contributed by atoms with Gasteiger partial charge in [-0.2, -0.15) is 4.31 Å². The molecule has 1 aliphatic rings. The number of hydrogen-bond donors (Lipinski definition) is 1. The second-order valence-corrected chi connectivity index (χ2v) is 7.91. The summed E-state index contributed by atoms with van der Waals surface area (Å²) in [5.41, 5.74) is 0.440. The molecule has 0 saturated carbocycles. The summed E-state index contributed by atoms with van der Waals surface area (Å²) in [7, 11) is -3.55. The Morgan fingerprint density at radius 3 is 2.28 bits per heavy atom. The Bertz CT molecular complexity index is 578. The van der Waals surface area contributed by atoms with E-state index in [0.717, 1.165) is 30.6 Å². The van der Waals surface area contributed by atoms with Gasteiger partial charge in [0.2, 0.25) is 0 Å². The van der Waals surface area contributed by atoms with Crippen molar-refractivity contribution in [2.24, 2.45) is 0 Å². The van der Waals surface area contributed by atoms with Crippen LogP contribution in [0.4, 0.5) is 0 Å². The molecule has 18 heavy (non-hydrogen) atoms. The summed E-state index contributed by atoms with van der Waals surface area (Å²) in [6.45, 7) is 5.49. The van der Waals surface area contributed by atoms with Crippen LogP contribution in [0.1, 0.15) is 38.8 Å². The monoisotopic (exact) mass is 290 g/mol. The Kier molecular flexibility index (Phi) is 3.66. The highest BCUT2D eigenvalue weighted by atomic mass is 32.2. The number of nitrogens with one attached hydrogen (secondary N) is 1. The second kappa shape index (κ2) is 4.79. The molecule has 1 aromatic rings. The Morgan fingerprint density at radius 1 is 1.28 bits per heavy atom. The highest BCUT2D eigenvalue weighted by molar-refractivity contribution is 7.91. The van der Waals surface area contributed by atoms with Gasteiger partial charge in [-0.1, -0.05) is 17.8 Å². The molecule has 0 aliphatic carbocycles. The first kappa shape index (κ1) is 13.8. The number of aromatic amines is 1. The molecule has 0 spiro atoms. The molecular formula is C11H18N2O3S2. The lowest BCUT2D eigenvalue weighted by Crippen LogP contribution is -2.47. The van der Waals surface area contributed by atoms with Crippen LogP contribution in [0.25, 0.3) is 0 Å². The minimum atomic E-state index is -3.55. The Labute approximate surface area is 111 Å². The van der Waals surface area contributed by atoms with E-state index in [1.54, 1.807) is 11.2 Å². The Balaban J connectivity index is 2.47. The average Bonchev–Trinajstić information content (AvgIpc) is 2.57. The predicted molar refractivity (Wildman–Crippen MR) is 71.5 cm³/mol. The van der Waals surface area contributed by atoms with Crippen LogP contribution in [0.15, 0.2) is 9.00 Å². The van der Waals surface area contributed by atoms with Crippen LogP contribution in [0.2, 0.25) is 0 Å². The molecule has 1 aliphatic heterocycles. The third-order valence-electron chi connectivity index (χ3n) is 3.41. The van der Waals surface area contributed by atoms with E-state index >= 15 is 0 Å². The maximum atomic E-state index is 12.6. The van der Waals surface area contributed by atoms with Crippen LogP contribution in [-0.2, 0) is 10.0 Å². The number of hydrogen-bond acceptors (Lipinski definition) is 4. The fraction of sp³-hybridized carbons (Fsp3) is 0.727. The van der Waals surface area contributed by atoms with Gasteiger partial charge in [-0.05, 0) is 33.6 Å². The molecule has 1 saturated heterocycles. The van der Waals surface area contributed by atoms with Crippen LogP contribution >= 0.6 is 11.3 Å². The van der Waals surface area contributed by atoms with Crippen molar-refractivity contribution in [3.05, 3.63) is 15.4 Å². The van der Waals surface area contributed by atoms with Crippen LogP contribution in [-0.4, -0.2) is 29.8 Å². The predicted octanol–water partition coefficient (Wildman–Crippen LogP) is 1.70. The fourth-order valence-electron chi connectivity index (χ4n) is 2.60. The van der Waals surface area contributed by atoms with Crippen LogP contribution in [0.5, 0.6) is 0 Å². The summed E-state index contributed by atoms with van der Waals surface area (Å²) < 4.78 is 27.0. The second-order valence-electron chi connectivity index (χ2n) is 4.89. The number of sulfonamides is 1. The molecule has 0 amide bonds. The summed E-state index contributed by atoms with van der Waals surface area (Å²) >= 11 is 0.778. The fourth-order valence-corrected chi connectivity index (χ4v) is 5.87. The number of piperidine rings is 1. The van der Waals surface area contributed by atoms with Crippen molar-refractivity contribution < 1.29 is 8.42 Å². The van der Waals surface area contributed by atoms with Gasteiger partial charge in [-0.3, -0.25) is 4.79 Å². The molecule has 0 aromatic carbocycles. The zero-order valence-corrected chi connectivity index (χ0v) is 12.4. The molecule has 0 unspecified atom stereocenters. The van der Waals surface area contributed by atoms with Crippen LogP contribution in [0.3, 0.4) is 0 Å². The lowest BCUT2D eigenvalue weighted by atomic mass is 10.0. The van der Waals surface area contributed by atoms with Gasteiger partial charge in [0.15, 0.2) is 4.21 Å². The van der Waals surface area contributed by atoms with E-state index in [-0.39, 0.29) is 21.2 Å². The van der Waals surface area contributed by atoms with Gasteiger partial charge in [-0.15, -0.1) is 0 Å². The van der Waals surface area contributed by atoms with Crippen molar-refractivity contribution in [2.45, 2.75) is 56.3 Å². The highest BCUT2D eigenvalue weighted by Crippen LogP contribution is 2.31. The molecule has 0 radical (unpaired) electrons. The van der Waals surface area contributed by atoms with Gasteiger partial charge in [-0.25, -0.2) is 8.42 Å². The summed E-state index contributed by atoms with van der Waals surface area (Å²) in [6.07, 6.45) is 2.81. The van der Waals surface area contributed by atoms with E-state index < -0.39 is 10.0 Å². The molecule has 0 bridgehead atoms. The molecule has 2 rings (SSSR count). The van der Waals surface area contributed by atoms with Crippen molar-refractivity contribution in [1.82, 2.24) is 9.29 Å². The van der Waals surface area contributed by atoms with Gasteiger partial charge in [0.1, 0.15) is 0 Å². The number of thiazole rings is 1. The molecule has 1 N–H and O–H groups in total. The molecule has 2 heterocycles. The Morgan fingerprint density at radius 2 is 1.83 bits per heavy atom. The van der Waals surface area contributed by atoms with Crippen LogP contribution in [0, 0.1) is 6.92 Å². The molecule has 7 heteroatoms. The third-order valence-corrected chi connectivity index (χ3v) is 7.12. The van der Waals surface area contributed by atoms with Crippen molar-refractivity contribution in [1.29, 1.82) is 0 Å². The lowest BCUT2D eigenvalue weighted by Gasteiger charge is -2.37. The molecule has 1 fully saturated rings. The highest BCUT2D eigenvalue weighted by Gasteiger charge is 2.37. The number of aryl methyl sites for hydroxylation is 1. The van der Waals surface area contributed by atoms with Crippen molar-refractivity contribution in [2.75, 3.05) is 0 Å². The first-order valence-corrected chi connectivity index (χ1v) is 8.33. The summed E-state index contributed by atoms with van der Waals surface area (Å²) in [4.78, 5) is 13.5. The molecule has 1 aromatic heterocycles. The van der Waals surface area contributed by atoms with Gasteiger partial charge >= 0.3 is 4.87 Å². The SMILES string of the molecule is Cc1[nH]c(=O)sc1S(=O)(=O)N1[C@H](C)CCC[C@@H]1C. The van der Waals surface area contributed by atoms with E-state index in [4.69, 9.17) is 0 Å². The zero-order chi connectivity index (χ0) is 13.5. The lowest BCUT2D eigenvalue weighted by molar-refractivity contribution is 0.204. The number of nitrogens with zero attached hydrogens (tertiary/aromatic N) is 1. The minimum absolute atomic E-state index is 0.00430. The van der Waals surface area contributed by atoms with Crippen molar-refractivity contribution in [3.63, 3.8) is 0 Å². The number of rotatable bonds is 2. The smallest absolute Gasteiger partial charge is 0.305 e. The van der Waals surface area contributed by atoms with Crippen molar-refractivity contribution >= 4 is 21.4 Å². The molecule has 2 atom stereocenters. The van der Waals surface area contributed by atoms with E-state index in [9.17, 15) is 13.2 Å². The van der Waals surface area contributed by atoms with E-state index in [1.807, 2.05) is 13.8 Å². The maximum Gasteiger partial charge on any atom is 0.305 e. The topological polar surface area (TPSA) is 70.2 Å². The third kappa shape index (κ3) is 2.26. The van der Waals surface area contributed by atoms with Crippen LogP contribution < -0.4 is 4.87 Å². The van der Waals surface area contributed by atoms with Gasteiger partial charge in [0.05, 0.1) is 0 Å². The van der Waals surface area contributed by atoms with Gasteiger partial charge < -0.3 is 4.98 Å². The largest absolute Gasteiger partial charge is 0.315 e. The zero-order valence-electron chi connectivity index (χ0n) is 10.8. The average molecular weight is 290 g/mol. The first-order valence-electron chi connectivity index (χ1n) is 6.07. The summed E-state index contributed by atoms with van der Waals surface area (Å²) in [5, 5.41) is 0. The van der Waals surface area contributed by atoms with Crippen molar-refractivity contribution in [3.8, 4) is 0 Å². The van der Waals surface area contributed by atoms with Gasteiger partial charge in [0.25, 0.3) is 10.0 Å². The van der Waals surface area contributed by atoms with Gasteiger partial charge in [0, 0.05) is 17.8 Å². The van der Waals surface area contributed by atoms with E-state index in [0.29, 0.717) is 5.69 Å². The first-order chi connectivity index (χ1) is 8.34. The van der Waals surface area contributed by atoms with E-state index in [1.165, 1.54) is 0 Å². The summed E-state index contributed by atoms with van der Waals surface area (Å²) in [5.74, 6) is 0. The molecular weight excluding hydrogens is 272 g/mol. The van der Waals surface area contributed by atoms with E-state index in [2.05, 4.69) is 4.98 Å².